The number of rotatable bonds is 8. The zero-order valence-electron chi connectivity index (χ0n) is 14.6. The van der Waals surface area contributed by atoms with Gasteiger partial charge in [0.05, 0.1) is 6.61 Å². The van der Waals surface area contributed by atoms with Gasteiger partial charge in [-0.1, -0.05) is 18.2 Å². The van der Waals surface area contributed by atoms with Crippen LogP contribution in [0.5, 0.6) is 0 Å². The van der Waals surface area contributed by atoms with Gasteiger partial charge < -0.3 is 19.9 Å². The fraction of sp³-hybridized carbons (Fsp3) is 0.500. The van der Waals surface area contributed by atoms with Gasteiger partial charge in [-0.3, -0.25) is 4.79 Å². The molecule has 1 unspecified atom stereocenters. The average molecular weight is 343 g/mol. The summed E-state index contributed by atoms with van der Waals surface area (Å²) in [6.07, 6.45) is 3.41. The van der Waals surface area contributed by atoms with Crippen molar-refractivity contribution in [2.75, 3.05) is 33.4 Å². The number of methoxy groups -OCH3 is 1. The number of nitrogens with one attached hydrogen (secondary N) is 2. The van der Waals surface area contributed by atoms with Crippen LogP contribution < -0.4 is 10.6 Å². The molecule has 1 amide bonds. The molecule has 0 spiro atoms. The summed E-state index contributed by atoms with van der Waals surface area (Å²) in [4.78, 5) is 12.6. The van der Waals surface area contributed by atoms with Gasteiger partial charge in [0.15, 0.2) is 0 Å². The van der Waals surface area contributed by atoms with Crippen molar-refractivity contribution in [2.24, 2.45) is 0 Å². The van der Waals surface area contributed by atoms with Gasteiger partial charge in [-0.2, -0.15) is 0 Å². The first-order chi connectivity index (χ1) is 12.3. The predicted octanol–water partition coefficient (Wildman–Crippen LogP) is 0.974. The largest absolute Gasteiger partial charge is 0.383 e. The van der Waals surface area contributed by atoms with Crippen LogP contribution in [0.1, 0.15) is 34.1 Å². The number of nitrogens with zero attached hydrogens (tertiary/aromatic N) is 3. The van der Waals surface area contributed by atoms with Gasteiger partial charge in [0, 0.05) is 38.7 Å². The number of carbonyl (C=O) groups is 1. The third-order valence-corrected chi connectivity index (χ3v) is 4.57. The number of benzene rings is 1. The van der Waals surface area contributed by atoms with Crippen molar-refractivity contribution in [3.8, 4) is 0 Å². The molecule has 3 rings (SSSR count). The lowest BCUT2D eigenvalue weighted by atomic mass is 9.93. The zero-order valence-corrected chi connectivity index (χ0v) is 14.6. The summed E-state index contributed by atoms with van der Waals surface area (Å²) in [5, 5.41) is 14.4. The van der Waals surface area contributed by atoms with E-state index in [-0.39, 0.29) is 5.91 Å². The topological polar surface area (TPSA) is 81.1 Å². The van der Waals surface area contributed by atoms with Gasteiger partial charge in [0.25, 0.3) is 5.91 Å². The van der Waals surface area contributed by atoms with Crippen molar-refractivity contribution in [3.05, 3.63) is 47.5 Å². The lowest BCUT2D eigenvalue weighted by molar-refractivity contribution is 0.0952. The maximum atomic E-state index is 12.6. The SMILES string of the molecule is COCCn1cnnc1CCNC(=O)c1ccccc1C1CCNC1. The Morgan fingerprint density at radius 2 is 2.32 bits per heavy atom. The molecule has 2 N–H and O–H groups in total. The highest BCUT2D eigenvalue weighted by molar-refractivity contribution is 5.95. The molecule has 7 heteroatoms. The highest BCUT2D eigenvalue weighted by Crippen LogP contribution is 2.25. The van der Waals surface area contributed by atoms with Crippen molar-refractivity contribution in [1.82, 2.24) is 25.4 Å². The Hall–Kier alpha value is -2.25. The molecule has 1 aromatic heterocycles. The molecule has 1 atom stereocenters. The summed E-state index contributed by atoms with van der Waals surface area (Å²) in [5.41, 5.74) is 1.91. The molecule has 1 aliphatic heterocycles. The quantitative estimate of drug-likeness (QED) is 0.747. The Kier molecular flexibility index (Phi) is 6.14. The smallest absolute Gasteiger partial charge is 0.251 e. The molecule has 0 aliphatic carbocycles. The molecular weight excluding hydrogens is 318 g/mol. The fourth-order valence-corrected chi connectivity index (χ4v) is 3.21. The molecule has 1 aromatic carbocycles. The molecule has 25 heavy (non-hydrogen) atoms. The van der Waals surface area contributed by atoms with Crippen LogP contribution in [0.4, 0.5) is 0 Å². The number of hydrogen-bond acceptors (Lipinski definition) is 5. The van der Waals surface area contributed by atoms with Crippen molar-refractivity contribution in [1.29, 1.82) is 0 Å². The number of amides is 1. The van der Waals surface area contributed by atoms with Gasteiger partial charge >= 0.3 is 0 Å². The summed E-state index contributed by atoms with van der Waals surface area (Å²) >= 11 is 0. The third kappa shape index (κ3) is 4.43. The number of ether oxygens (including phenoxy) is 1. The van der Waals surface area contributed by atoms with Gasteiger partial charge in [0.2, 0.25) is 0 Å². The second-order valence-corrected chi connectivity index (χ2v) is 6.22. The van der Waals surface area contributed by atoms with E-state index in [4.69, 9.17) is 4.74 Å². The van der Waals surface area contributed by atoms with E-state index in [9.17, 15) is 4.79 Å². The summed E-state index contributed by atoms with van der Waals surface area (Å²) in [6.45, 7) is 3.80. The minimum absolute atomic E-state index is 0.0227. The minimum Gasteiger partial charge on any atom is -0.383 e. The van der Waals surface area contributed by atoms with Crippen LogP contribution in [0.3, 0.4) is 0 Å². The summed E-state index contributed by atoms with van der Waals surface area (Å²) in [7, 11) is 1.67. The zero-order chi connectivity index (χ0) is 17.5. The van der Waals surface area contributed by atoms with E-state index in [0.717, 1.165) is 36.5 Å². The molecule has 134 valence electrons. The Morgan fingerprint density at radius 1 is 1.44 bits per heavy atom. The van der Waals surface area contributed by atoms with Crippen LogP contribution in [0.25, 0.3) is 0 Å². The highest BCUT2D eigenvalue weighted by Gasteiger charge is 2.21. The number of aromatic nitrogens is 3. The second kappa shape index (κ2) is 8.73. The summed E-state index contributed by atoms with van der Waals surface area (Å²) in [5.74, 6) is 1.25. The van der Waals surface area contributed by atoms with Gasteiger partial charge in [-0.15, -0.1) is 10.2 Å². The molecule has 0 saturated carbocycles. The van der Waals surface area contributed by atoms with Crippen LogP contribution >= 0.6 is 0 Å². The maximum absolute atomic E-state index is 12.6. The first-order valence-electron chi connectivity index (χ1n) is 8.73. The first-order valence-corrected chi connectivity index (χ1v) is 8.73. The highest BCUT2D eigenvalue weighted by atomic mass is 16.5. The Morgan fingerprint density at radius 3 is 3.12 bits per heavy atom. The van der Waals surface area contributed by atoms with E-state index in [1.165, 1.54) is 0 Å². The predicted molar refractivity (Wildman–Crippen MR) is 94.6 cm³/mol. The van der Waals surface area contributed by atoms with Gasteiger partial charge in [0.1, 0.15) is 12.2 Å². The molecule has 2 aromatic rings. The van der Waals surface area contributed by atoms with Crippen LogP contribution in [-0.2, 0) is 17.7 Å². The number of hydrogen-bond donors (Lipinski definition) is 2. The van der Waals surface area contributed by atoms with Crippen molar-refractivity contribution in [3.63, 3.8) is 0 Å². The normalized spacial score (nSPS) is 16.9. The Labute approximate surface area is 147 Å². The van der Waals surface area contributed by atoms with E-state index < -0.39 is 0 Å². The van der Waals surface area contributed by atoms with Gasteiger partial charge in [-0.25, -0.2) is 0 Å². The Balaban J connectivity index is 1.57. The van der Waals surface area contributed by atoms with Gasteiger partial charge in [-0.05, 0) is 30.5 Å². The lowest BCUT2D eigenvalue weighted by Gasteiger charge is -2.14. The minimum atomic E-state index is -0.0227. The molecule has 0 radical (unpaired) electrons. The monoisotopic (exact) mass is 343 g/mol. The number of carbonyl (C=O) groups excluding carboxylic acids is 1. The van der Waals surface area contributed by atoms with Crippen molar-refractivity contribution in [2.45, 2.75) is 25.3 Å². The average Bonchev–Trinajstić information content (AvgIpc) is 3.32. The van der Waals surface area contributed by atoms with Crippen LogP contribution in [0.15, 0.2) is 30.6 Å². The summed E-state index contributed by atoms with van der Waals surface area (Å²) < 4.78 is 7.03. The van der Waals surface area contributed by atoms with E-state index in [0.29, 0.717) is 32.0 Å². The second-order valence-electron chi connectivity index (χ2n) is 6.22. The maximum Gasteiger partial charge on any atom is 0.251 e. The van der Waals surface area contributed by atoms with Crippen LogP contribution in [-0.4, -0.2) is 54.0 Å². The van der Waals surface area contributed by atoms with E-state index in [1.54, 1.807) is 13.4 Å². The van der Waals surface area contributed by atoms with Crippen molar-refractivity contribution < 1.29 is 9.53 Å². The van der Waals surface area contributed by atoms with Crippen molar-refractivity contribution >= 4 is 5.91 Å². The molecule has 7 nitrogen and oxygen atoms in total. The van der Waals surface area contributed by atoms with Crippen LogP contribution in [0.2, 0.25) is 0 Å². The molecular formula is C18H25N5O2. The molecule has 1 fully saturated rings. The lowest BCUT2D eigenvalue weighted by Crippen LogP contribution is -2.28. The molecule has 2 heterocycles. The third-order valence-electron chi connectivity index (χ3n) is 4.57. The Bertz CT molecular complexity index is 694. The van der Waals surface area contributed by atoms with E-state index >= 15 is 0 Å². The molecule has 1 aliphatic rings. The van der Waals surface area contributed by atoms with E-state index in [2.05, 4.69) is 26.9 Å². The molecule has 0 bridgehead atoms. The van der Waals surface area contributed by atoms with Crippen LogP contribution in [0, 0.1) is 0 Å². The first kappa shape index (κ1) is 17.6. The molecule has 1 saturated heterocycles. The van der Waals surface area contributed by atoms with E-state index in [1.807, 2.05) is 22.8 Å². The fourth-order valence-electron chi connectivity index (χ4n) is 3.21. The summed E-state index contributed by atoms with van der Waals surface area (Å²) in [6, 6.07) is 7.89. The standard InChI is InChI=1S/C18H25N5O2/c1-25-11-10-23-13-21-22-17(23)7-9-20-18(24)16-5-3-2-4-15(16)14-6-8-19-12-14/h2-5,13-14,19H,6-12H2,1H3,(H,20,24).